The molecule has 36 nitrogen and oxygen atoms in total. The number of hydrogen-bond donors (Lipinski definition) is 19. The fourth-order valence-corrected chi connectivity index (χ4v) is 10.5. The smallest absolute Gasteiger partial charge is 0.326 e. The van der Waals surface area contributed by atoms with E-state index in [9.17, 15) is 102 Å². The van der Waals surface area contributed by atoms with Crippen LogP contribution >= 0.6 is 0 Å². The number of benzene rings is 2. The minimum Gasteiger partial charge on any atom is -0.508 e. The molecule has 2 rings (SSSR count). The molecule has 0 bridgehead atoms. The average Bonchev–Trinajstić information content (AvgIpc) is 0.860. The summed E-state index contributed by atoms with van der Waals surface area (Å²) in [6.07, 6.45) is -4.43. The lowest BCUT2D eigenvalue weighted by atomic mass is 9.96. The van der Waals surface area contributed by atoms with E-state index in [-0.39, 0.29) is 62.5 Å². The lowest BCUT2D eigenvalue weighted by Crippen LogP contribution is -2.61. The third-order valence-corrected chi connectivity index (χ3v) is 16.8. The van der Waals surface area contributed by atoms with E-state index < -0.39 is 230 Å². The van der Waals surface area contributed by atoms with Crippen molar-refractivity contribution in [1.82, 2.24) is 63.8 Å². The first-order valence-electron chi connectivity index (χ1n) is 35.0. The number of phenolic OH excluding ortho intramolecular Hbond substituents is 1. The Kier molecular flexibility index (Phi) is 39.1. The molecule has 0 aliphatic rings. The number of aromatic hydroxyl groups is 1. The fourth-order valence-electron chi connectivity index (χ4n) is 10.5. The van der Waals surface area contributed by atoms with Crippen molar-refractivity contribution in [1.29, 1.82) is 0 Å². The maximum Gasteiger partial charge on any atom is 0.326 e. The normalized spacial score (nSPS) is 15.1. The molecule has 2 aromatic carbocycles. The summed E-state index contributed by atoms with van der Waals surface area (Å²) < 4.78 is 0. The van der Waals surface area contributed by atoms with Gasteiger partial charge in [0, 0.05) is 38.5 Å². The highest BCUT2D eigenvalue weighted by atomic mass is 16.4. The van der Waals surface area contributed by atoms with Crippen LogP contribution in [-0.2, 0) is 94.3 Å². The largest absolute Gasteiger partial charge is 0.508 e. The molecule has 0 saturated carbocycles. The van der Waals surface area contributed by atoms with Crippen LogP contribution in [0, 0.1) is 23.7 Å². The second kappa shape index (κ2) is 45.4. The molecule has 588 valence electrons. The summed E-state index contributed by atoms with van der Waals surface area (Å²) in [5, 5.41) is 68.5. The molecule has 14 atom stereocenters. The lowest BCUT2D eigenvalue weighted by Gasteiger charge is -2.29. The number of carboxylic acid groups (broad SMARTS) is 3. The fraction of sp³-hybridized carbons (Fsp3) is 0.586. The van der Waals surface area contributed by atoms with E-state index in [4.69, 9.17) is 17.2 Å². The summed E-state index contributed by atoms with van der Waals surface area (Å²) in [6, 6.07) is -5.67. The van der Waals surface area contributed by atoms with Crippen LogP contribution in [0.2, 0.25) is 0 Å². The zero-order valence-corrected chi connectivity index (χ0v) is 61.7. The van der Waals surface area contributed by atoms with E-state index in [0.29, 0.717) is 11.1 Å². The maximum absolute atomic E-state index is 14.6. The molecule has 22 N–H and O–H groups in total. The van der Waals surface area contributed by atoms with E-state index in [1.807, 2.05) is 13.8 Å². The van der Waals surface area contributed by atoms with E-state index in [1.54, 1.807) is 65.0 Å². The Balaban J connectivity index is 2.46. The molecule has 106 heavy (non-hydrogen) atoms. The van der Waals surface area contributed by atoms with Crippen molar-refractivity contribution in [2.24, 2.45) is 40.9 Å². The summed E-state index contributed by atoms with van der Waals surface area (Å²) in [7, 11) is 0. The molecule has 0 fully saturated rings. The zero-order chi connectivity index (χ0) is 80.4. The summed E-state index contributed by atoms with van der Waals surface area (Å²) in [5.41, 5.74) is 17.7. The van der Waals surface area contributed by atoms with Gasteiger partial charge in [0.15, 0.2) is 0 Å². The van der Waals surface area contributed by atoms with E-state index in [1.165, 1.54) is 52.0 Å². The van der Waals surface area contributed by atoms with Crippen molar-refractivity contribution < 1.29 is 102 Å². The Morgan fingerprint density at radius 1 is 0.358 bits per heavy atom. The van der Waals surface area contributed by atoms with Gasteiger partial charge in [0.05, 0.1) is 6.04 Å². The Hall–Kier alpha value is -10.8. The van der Waals surface area contributed by atoms with Crippen molar-refractivity contribution in [3.63, 3.8) is 0 Å². The van der Waals surface area contributed by atoms with Crippen molar-refractivity contribution in [2.45, 2.75) is 238 Å². The molecule has 2 aromatic rings. The van der Waals surface area contributed by atoms with Gasteiger partial charge in [-0.15, -0.1) is 0 Å². The number of nitrogens with one attached hydrogen (secondary N) is 12. The van der Waals surface area contributed by atoms with Gasteiger partial charge in [-0.2, -0.15) is 0 Å². The number of phenols is 1. The highest BCUT2D eigenvalue weighted by molar-refractivity contribution is 6.00. The Bertz CT molecular complexity index is 3390. The van der Waals surface area contributed by atoms with Crippen molar-refractivity contribution in [3.8, 4) is 5.75 Å². The number of rotatable bonds is 48. The van der Waals surface area contributed by atoms with Crippen LogP contribution in [0.25, 0.3) is 0 Å². The number of nitrogens with two attached hydrogens (primary N) is 3. The molecule has 0 unspecified atom stereocenters. The third kappa shape index (κ3) is 33.8. The van der Waals surface area contributed by atoms with Gasteiger partial charge in [-0.3, -0.25) is 76.7 Å². The quantitative estimate of drug-likeness (QED) is 0.0326. The second-order valence-electron chi connectivity index (χ2n) is 27.4. The molecule has 36 heteroatoms. The highest BCUT2D eigenvalue weighted by Crippen LogP contribution is 2.17. The van der Waals surface area contributed by atoms with Gasteiger partial charge in [0.1, 0.15) is 78.3 Å². The molecule has 0 radical (unpaired) electrons. The van der Waals surface area contributed by atoms with Crippen LogP contribution in [0.4, 0.5) is 0 Å². The lowest BCUT2D eigenvalue weighted by molar-refractivity contribution is -0.143. The first-order valence-corrected chi connectivity index (χ1v) is 35.0. The third-order valence-electron chi connectivity index (χ3n) is 16.8. The first kappa shape index (κ1) is 91.3. The number of hydrogen-bond acceptors (Lipinski definition) is 19. The number of carbonyl (C=O) groups excluding carboxylic acids is 14. The van der Waals surface area contributed by atoms with Gasteiger partial charge >= 0.3 is 17.9 Å². The van der Waals surface area contributed by atoms with Crippen LogP contribution in [0.5, 0.6) is 5.75 Å². The SMILES string of the molecule is CC[C@H](C)[C@H](NC(=O)[C@H](CCC(N)=O)NC(=O)[C@H](Cc1ccc(O)cc1)NC(=O)[C@H](C)NC(=O)[C@H](Cc1ccccc1)NC(=O)[C@H](C)NC(=O)[C@H](C)NC(=O)[C@@H](NC(=O)[C@H](CCC(N)=O)NC(=O)[C@@H](N)CC(C)C)C(C)C)C(=O)N[C@@H](CCC(=O)O)C(=O)N[C@@H](CCC(=O)O)C(=O)N[C@@H](CC(C)C)C(=O)O. The predicted octanol–water partition coefficient (Wildman–Crippen LogP) is -2.48. The summed E-state index contributed by atoms with van der Waals surface area (Å²) in [5.74, 6) is -19.5. The van der Waals surface area contributed by atoms with Gasteiger partial charge in [-0.05, 0) is 106 Å². The summed E-state index contributed by atoms with van der Waals surface area (Å²) in [6.45, 7) is 17.2. The second-order valence-corrected chi connectivity index (χ2v) is 27.4. The number of amides is 14. The van der Waals surface area contributed by atoms with Gasteiger partial charge < -0.3 is 101 Å². The molecule has 0 saturated heterocycles. The van der Waals surface area contributed by atoms with Gasteiger partial charge in [-0.25, -0.2) is 4.79 Å². The molecule has 0 heterocycles. The topological polar surface area (TPSA) is 594 Å². The minimum atomic E-state index is -1.79. The molecular formula is C70H107N15O21. The Labute approximate surface area is 614 Å². The van der Waals surface area contributed by atoms with Crippen LogP contribution in [0.3, 0.4) is 0 Å². The Morgan fingerprint density at radius 2 is 0.679 bits per heavy atom. The van der Waals surface area contributed by atoms with E-state index >= 15 is 0 Å². The maximum atomic E-state index is 14.6. The molecule has 14 amide bonds. The van der Waals surface area contributed by atoms with Crippen LogP contribution < -0.4 is 81.0 Å². The monoisotopic (exact) mass is 1490 g/mol. The van der Waals surface area contributed by atoms with E-state index in [2.05, 4.69) is 63.8 Å². The predicted molar refractivity (Wildman–Crippen MR) is 382 cm³/mol. The van der Waals surface area contributed by atoms with Gasteiger partial charge in [-0.1, -0.05) is 104 Å². The summed E-state index contributed by atoms with van der Waals surface area (Å²) in [4.78, 5) is 227. The van der Waals surface area contributed by atoms with Crippen molar-refractivity contribution in [3.05, 3.63) is 65.7 Å². The van der Waals surface area contributed by atoms with E-state index in [0.717, 1.165) is 0 Å². The van der Waals surface area contributed by atoms with Gasteiger partial charge in [0.2, 0.25) is 82.7 Å². The molecule has 0 aliphatic carbocycles. The van der Waals surface area contributed by atoms with Crippen LogP contribution in [-0.4, -0.2) is 200 Å². The number of aliphatic carboxylic acids is 3. The Morgan fingerprint density at radius 3 is 1.08 bits per heavy atom. The van der Waals surface area contributed by atoms with Gasteiger partial charge in [0.25, 0.3) is 0 Å². The average molecular weight is 1490 g/mol. The van der Waals surface area contributed by atoms with Crippen LogP contribution in [0.1, 0.15) is 158 Å². The van der Waals surface area contributed by atoms with Crippen LogP contribution in [0.15, 0.2) is 54.6 Å². The number of carboxylic acids is 3. The number of primary amides is 2. The minimum absolute atomic E-state index is 0.0300. The molecule has 0 aromatic heterocycles. The zero-order valence-electron chi connectivity index (χ0n) is 61.7. The standard InChI is InChI=1S/C70H107N15O21/c1-12-37(8)57(69(104)80-48(25-29-55(91)92)62(97)78-47(24-28-54(89)90)63(98)83-51(70(105)106)31-35(4)5)85-65(100)46(23-27-53(73)88)79-67(102)50(33-42-18-20-43(86)21-19-42)82-60(95)40(11)75-66(101)49(32-41-16-14-13-15-17-41)81-59(94)39(10)74-58(93)38(9)76-68(103)56(36(6)7)84-64(99)45(22-26-52(72)87)77-61(96)44(71)30-34(2)3/h13-21,34-40,44-51,56-57,86H,12,22-33,71H2,1-11H3,(H2,72,87)(H2,73,88)(H,74,93)(H,75,101)(H,76,103)(H,77,96)(H,78,97)(H,79,102)(H,80,104)(H,81,94)(H,82,95)(H,83,98)(H,84,99)(H,85,100)(H,89,90)(H,91,92)(H,105,106)/t37-,38-,39-,40-,44-,45-,46-,47-,48-,49-,50-,51-,56-,57-/m0/s1. The van der Waals surface area contributed by atoms with Crippen molar-refractivity contribution in [2.75, 3.05) is 0 Å². The number of carbonyl (C=O) groups is 17. The molecular weight excluding hydrogens is 1390 g/mol. The van der Waals surface area contributed by atoms with Crippen molar-refractivity contribution >= 4 is 101 Å². The highest BCUT2D eigenvalue weighted by Gasteiger charge is 2.38. The molecule has 0 aliphatic heterocycles. The first-order chi connectivity index (χ1) is 49.5. The summed E-state index contributed by atoms with van der Waals surface area (Å²) >= 11 is 0. The molecule has 0 spiro atoms.